The average Bonchev–Trinajstić information content (AvgIpc) is 2.85. The SMILES string of the molecule is Cc1cc2ncc(-c3ccn(C)n3)c(C)n2n1. The Bertz CT molecular complexity index is 692. The Labute approximate surface area is 98.7 Å². The minimum Gasteiger partial charge on any atom is -0.275 e. The van der Waals surface area contributed by atoms with Crippen molar-refractivity contribution in [3.05, 3.63) is 35.9 Å². The molecular formula is C12H13N5. The van der Waals surface area contributed by atoms with Crippen molar-refractivity contribution in [2.45, 2.75) is 13.8 Å². The van der Waals surface area contributed by atoms with Crippen LogP contribution in [0.15, 0.2) is 24.5 Å². The van der Waals surface area contributed by atoms with Crippen molar-refractivity contribution in [3.63, 3.8) is 0 Å². The molecule has 0 aliphatic rings. The predicted molar refractivity (Wildman–Crippen MR) is 64.7 cm³/mol. The second-order valence-corrected chi connectivity index (χ2v) is 4.19. The summed E-state index contributed by atoms with van der Waals surface area (Å²) >= 11 is 0. The van der Waals surface area contributed by atoms with Gasteiger partial charge in [0, 0.05) is 31.1 Å². The summed E-state index contributed by atoms with van der Waals surface area (Å²) in [5, 5.41) is 8.82. The highest BCUT2D eigenvalue weighted by Crippen LogP contribution is 2.21. The molecule has 5 heteroatoms. The van der Waals surface area contributed by atoms with Gasteiger partial charge in [0.2, 0.25) is 0 Å². The van der Waals surface area contributed by atoms with E-state index >= 15 is 0 Å². The smallest absolute Gasteiger partial charge is 0.155 e. The molecule has 3 heterocycles. The monoisotopic (exact) mass is 227 g/mol. The molecule has 0 aliphatic carbocycles. The van der Waals surface area contributed by atoms with E-state index in [1.54, 1.807) is 4.68 Å². The van der Waals surface area contributed by atoms with E-state index in [0.29, 0.717) is 0 Å². The zero-order valence-electron chi connectivity index (χ0n) is 10.0. The van der Waals surface area contributed by atoms with Gasteiger partial charge < -0.3 is 0 Å². The summed E-state index contributed by atoms with van der Waals surface area (Å²) in [6.07, 6.45) is 3.78. The fourth-order valence-corrected chi connectivity index (χ4v) is 1.97. The highest BCUT2D eigenvalue weighted by atomic mass is 15.3. The molecule has 0 aliphatic heterocycles. The molecule has 0 fully saturated rings. The van der Waals surface area contributed by atoms with Gasteiger partial charge in [-0.25, -0.2) is 9.50 Å². The van der Waals surface area contributed by atoms with Gasteiger partial charge in [-0.3, -0.25) is 4.68 Å². The molecule has 0 amide bonds. The van der Waals surface area contributed by atoms with E-state index in [4.69, 9.17) is 0 Å². The van der Waals surface area contributed by atoms with E-state index in [2.05, 4.69) is 15.2 Å². The quantitative estimate of drug-likeness (QED) is 0.636. The van der Waals surface area contributed by atoms with Crippen molar-refractivity contribution < 1.29 is 0 Å². The van der Waals surface area contributed by atoms with Gasteiger partial charge in [-0.1, -0.05) is 0 Å². The summed E-state index contributed by atoms with van der Waals surface area (Å²) in [5.41, 5.74) is 4.84. The number of hydrogen-bond acceptors (Lipinski definition) is 3. The first kappa shape index (κ1) is 10.0. The number of hydrogen-bond donors (Lipinski definition) is 0. The molecular weight excluding hydrogens is 214 g/mol. The first-order valence-corrected chi connectivity index (χ1v) is 5.47. The van der Waals surface area contributed by atoms with Crippen molar-refractivity contribution >= 4 is 5.65 Å². The minimum absolute atomic E-state index is 0.875. The van der Waals surface area contributed by atoms with Crippen LogP contribution in [0.4, 0.5) is 0 Å². The van der Waals surface area contributed by atoms with Gasteiger partial charge in [-0.15, -0.1) is 0 Å². The van der Waals surface area contributed by atoms with Crippen LogP contribution in [0.1, 0.15) is 11.4 Å². The van der Waals surface area contributed by atoms with Gasteiger partial charge in [0.25, 0.3) is 0 Å². The van der Waals surface area contributed by atoms with Gasteiger partial charge >= 0.3 is 0 Å². The van der Waals surface area contributed by atoms with E-state index in [1.807, 2.05) is 49.9 Å². The third-order valence-corrected chi connectivity index (χ3v) is 2.84. The zero-order chi connectivity index (χ0) is 12.0. The van der Waals surface area contributed by atoms with Crippen LogP contribution in [0.25, 0.3) is 16.9 Å². The maximum atomic E-state index is 4.43. The summed E-state index contributed by atoms with van der Waals surface area (Å²) in [4.78, 5) is 4.40. The Hall–Kier alpha value is -2.17. The summed E-state index contributed by atoms with van der Waals surface area (Å²) in [6, 6.07) is 3.95. The van der Waals surface area contributed by atoms with Gasteiger partial charge in [0.15, 0.2) is 5.65 Å². The van der Waals surface area contributed by atoms with Crippen molar-refractivity contribution in [2.75, 3.05) is 0 Å². The van der Waals surface area contributed by atoms with Crippen molar-refractivity contribution in [1.29, 1.82) is 0 Å². The molecule has 5 nitrogen and oxygen atoms in total. The lowest BCUT2D eigenvalue weighted by Crippen LogP contribution is -1.99. The first-order valence-electron chi connectivity index (χ1n) is 5.47. The highest BCUT2D eigenvalue weighted by Gasteiger charge is 2.10. The summed E-state index contributed by atoms with van der Waals surface area (Å²) in [7, 11) is 1.91. The third kappa shape index (κ3) is 1.51. The Kier molecular flexibility index (Phi) is 2.01. The summed E-state index contributed by atoms with van der Waals surface area (Å²) in [5.74, 6) is 0. The van der Waals surface area contributed by atoms with E-state index in [1.165, 1.54) is 0 Å². The van der Waals surface area contributed by atoms with Gasteiger partial charge in [0.1, 0.15) is 0 Å². The second kappa shape index (κ2) is 3.41. The molecule has 17 heavy (non-hydrogen) atoms. The molecule has 3 aromatic heterocycles. The van der Waals surface area contributed by atoms with Crippen LogP contribution in [0.2, 0.25) is 0 Å². The normalized spacial score (nSPS) is 11.2. The predicted octanol–water partition coefficient (Wildman–Crippen LogP) is 1.75. The number of aryl methyl sites for hydroxylation is 3. The molecule has 0 atom stereocenters. The number of fused-ring (bicyclic) bond motifs is 1. The zero-order valence-corrected chi connectivity index (χ0v) is 10.0. The van der Waals surface area contributed by atoms with Gasteiger partial charge in [-0.2, -0.15) is 10.2 Å². The van der Waals surface area contributed by atoms with Crippen LogP contribution in [0, 0.1) is 13.8 Å². The molecule has 0 radical (unpaired) electrons. The average molecular weight is 227 g/mol. The maximum absolute atomic E-state index is 4.43. The van der Waals surface area contributed by atoms with E-state index in [9.17, 15) is 0 Å². The van der Waals surface area contributed by atoms with E-state index < -0.39 is 0 Å². The molecule has 86 valence electrons. The Morgan fingerprint density at radius 1 is 1.18 bits per heavy atom. The first-order chi connectivity index (χ1) is 8.15. The standard InChI is InChI=1S/C12H13N5/c1-8-6-12-13-7-10(9(2)17(12)14-8)11-4-5-16(3)15-11/h4-7H,1-3H3. The molecule has 0 saturated heterocycles. The second-order valence-electron chi connectivity index (χ2n) is 4.19. The number of nitrogens with zero attached hydrogens (tertiary/aromatic N) is 5. The Balaban J connectivity index is 2.27. The lowest BCUT2D eigenvalue weighted by Gasteiger charge is -2.04. The molecule has 3 aromatic rings. The highest BCUT2D eigenvalue weighted by molar-refractivity contribution is 5.62. The third-order valence-electron chi connectivity index (χ3n) is 2.84. The molecule has 0 spiro atoms. The van der Waals surface area contributed by atoms with Crippen LogP contribution < -0.4 is 0 Å². The molecule has 0 N–H and O–H groups in total. The van der Waals surface area contributed by atoms with Gasteiger partial charge in [0.05, 0.1) is 17.1 Å². The molecule has 0 unspecified atom stereocenters. The van der Waals surface area contributed by atoms with E-state index in [-0.39, 0.29) is 0 Å². The van der Waals surface area contributed by atoms with Crippen LogP contribution in [-0.2, 0) is 7.05 Å². The minimum atomic E-state index is 0.875. The largest absolute Gasteiger partial charge is 0.275 e. The molecule has 3 rings (SSSR count). The van der Waals surface area contributed by atoms with Crippen LogP contribution in [0.5, 0.6) is 0 Å². The molecule has 0 saturated carbocycles. The number of aromatic nitrogens is 5. The lowest BCUT2D eigenvalue weighted by molar-refractivity contribution is 0.769. The Morgan fingerprint density at radius 3 is 2.71 bits per heavy atom. The summed E-state index contributed by atoms with van der Waals surface area (Å²) in [6.45, 7) is 4.00. The maximum Gasteiger partial charge on any atom is 0.155 e. The fourth-order valence-electron chi connectivity index (χ4n) is 1.97. The summed E-state index contributed by atoms with van der Waals surface area (Å²) < 4.78 is 3.65. The molecule has 0 bridgehead atoms. The lowest BCUT2D eigenvalue weighted by atomic mass is 10.2. The number of rotatable bonds is 1. The van der Waals surface area contributed by atoms with Crippen molar-refractivity contribution in [3.8, 4) is 11.3 Å². The Morgan fingerprint density at radius 2 is 2.00 bits per heavy atom. The van der Waals surface area contributed by atoms with Crippen molar-refractivity contribution in [1.82, 2.24) is 24.4 Å². The van der Waals surface area contributed by atoms with Crippen LogP contribution in [-0.4, -0.2) is 24.4 Å². The van der Waals surface area contributed by atoms with E-state index in [0.717, 1.165) is 28.3 Å². The topological polar surface area (TPSA) is 48.0 Å². The molecule has 0 aromatic carbocycles. The van der Waals surface area contributed by atoms with Gasteiger partial charge in [-0.05, 0) is 19.9 Å². The van der Waals surface area contributed by atoms with Crippen LogP contribution >= 0.6 is 0 Å². The van der Waals surface area contributed by atoms with Crippen molar-refractivity contribution in [2.24, 2.45) is 7.05 Å². The van der Waals surface area contributed by atoms with Crippen LogP contribution in [0.3, 0.4) is 0 Å². The fraction of sp³-hybridized carbons (Fsp3) is 0.250.